The van der Waals surface area contributed by atoms with Gasteiger partial charge in [0.05, 0.1) is 9.92 Å². The first-order valence-corrected chi connectivity index (χ1v) is 10.9. The fourth-order valence-electron chi connectivity index (χ4n) is 1.17. The Bertz CT molecular complexity index is 363. The fourth-order valence-corrected chi connectivity index (χ4v) is 6.34. The van der Waals surface area contributed by atoms with Gasteiger partial charge in [0.2, 0.25) is 0 Å². The van der Waals surface area contributed by atoms with Crippen molar-refractivity contribution in [1.82, 2.24) is 0 Å². The van der Waals surface area contributed by atoms with E-state index in [4.69, 9.17) is 5.14 Å². The molecule has 1 unspecified atom stereocenters. The minimum Gasteiger partial charge on any atom is -0.265 e. The van der Waals surface area contributed by atoms with E-state index in [1.54, 1.807) is 0 Å². The molecule has 0 saturated heterocycles. The Labute approximate surface area is 108 Å². The van der Waals surface area contributed by atoms with Crippen LogP contribution in [0.1, 0.15) is 40.0 Å². The maximum absolute atomic E-state index is 12.2. The van der Waals surface area contributed by atoms with Crippen molar-refractivity contribution in [2.45, 2.75) is 58.2 Å². The van der Waals surface area contributed by atoms with Crippen LogP contribution in [0.5, 0.6) is 0 Å². The van der Waals surface area contributed by atoms with E-state index in [1.165, 1.54) is 0 Å². The predicted molar refractivity (Wildman–Crippen MR) is 80.9 cm³/mol. The Morgan fingerprint density at radius 2 is 1.88 bits per heavy atom. The van der Waals surface area contributed by atoms with Crippen LogP contribution >= 0.6 is 0 Å². The number of nitrogens with two attached hydrogens (primary N) is 1. The average Bonchev–Trinajstić information content (AvgIpc) is 2.09. The van der Waals surface area contributed by atoms with Crippen molar-refractivity contribution in [3.05, 3.63) is 12.7 Å². The molecule has 0 heterocycles. The van der Waals surface area contributed by atoms with Gasteiger partial charge in [0, 0.05) is 5.75 Å². The van der Waals surface area contributed by atoms with Crippen molar-refractivity contribution < 1.29 is 4.21 Å². The molecule has 0 bridgehead atoms. The summed E-state index contributed by atoms with van der Waals surface area (Å²) < 4.78 is 16.8. The lowest BCUT2D eigenvalue weighted by atomic mass is 10.2. The number of nitrogens with zero attached hydrogens (tertiary/aromatic N) is 1. The number of unbranched alkanes of at least 4 members (excludes halogenated alkanes) is 2. The number of hydrogen-bond donors (Lipinski definition) is 1. The molecule has 5 heteroatoms. The molecule has 0 aliphatic heterocycles. The first-order chi connectivity index (χ1) is 7.52. The molecule has 0 fully saturated rings. The molecule has 0 aromatic carbocycles. The van der Waals surface area contributed by atoms with Gasteiger partial charge in [0.1, 0.15) is 0 Å². The van der Waals surface area contributed by atoms with Gasteiger partial charge in [-0.1, -0.05) is 26.8 Å². The lowest BCUT2D eigenvalue weighted by molar-refractivity contribution is 0.670. The van der Waals surface area contributed by atoms with Crippen LogP contribution in [0.25, 0.3) is 0 Å². The Morgan fingerprint density at radius 3 is 2.29 bits per heavy atom. The first-order valence-electron chi connectivity index (χ1n) is 6.16. The van der Waals surface area contributed by atoms with E-state index in [1.807, 2.05) is 6.08 Å². The Balaban J connectivity index is 4.69. The van der Waals surface area contributed by atoms with Gasteiger partial charge in [-0.05, 0) is 37.4 Å². The minimum absolute atomic E-state index is 0.0934. The number of allylic oxidation sites excluding steroid dienone is 1. The van der Waals surface area contributed by atoms with Crippen molar-refractivity contribution in [3.63, 3.8) is 0 Å². The largest absolute Gasteiger partial charge is 0.265 e. The minimum atomic E-state index is -2.50. The lowest BCUT2D eigenvalue weighted by Crippen LogP contribution is -2.38. The molecular weight excluding hydrogens is 248 g/mol. The summed E-state index contributed by atoms with van der Waals surface area (Å²) in [6, 6.07) is 0. The number of rotatable bonds is 6. The first kappa shape index (κ1) is 16.9. The SMILES string of the molecule is C=CCCCCS(N)(=O)=N[Si](C)(C)C(C)(C)C. The Hall–Kier alpha value is -0.133. The molecule has 102 valence electrons. The Kier molecular flexibility index (Phi) is 6.11. The molecular formula is C12H28N2OSSi. The molecule has 3 nitrogen and oxygen atoms in total. The van der Waals surface area contributed by atoms with Crippen molar-refractivity contribution in [1.29, 1.82) is 0 Å². The molecule has 0 spiro atoms. The van der Waals surface area contributed by atoms with Gasteiger partial charge in [-0.2, -0.15) is 0 Å². The second kappa shape index (κ2) is 6.16. The van der Waals surface area contributed by atoms with Crippen LogP contribution in [-0.2, 0) is 9.92 Å². The van der Waals surface area contributed by atoms with Gasteiger partial charge in [0.25, 0.3) is 0 Å². The van der Waals surface area contributed by atoms with E-state index in [0.29, 0.717) is 5.75 Å². The topological polar surface area (TPSA) is 55.5 Å². The second-order valence-electron chi connectivity index (χ2n) is 6.08. The van der Waals surface area contributed by atoms with Gasteiger partial charge >= 0.3 is 0 Å². The molecule has 0 saturated carbocycles. The van der Waals surface area contributed by atoms with Crippen molar-refractivity contribution in [3.8, 4) is 0 Å². The average molecular weight is 277 g/mol. The maximum atomic E-state index is 12.2. The van der Waals surface area contributed by atoms with Crippen LogP contribution in [0.15, 0.2) is 16.7 Å². The van der Waals surface area contributed by atoms with E-state index in [0.717, 1.165) is 19.3 Å². The van der Waals surface area contributed by atoms with Crippen molar-refractivity contribution in [2.24, 2.45) is 9.17 Å². The van der Waals surface area contributed by atoms with Gasteiger partial charge in [0.15, 0.2) is 8.24 Å². The molecule has 0 radical (unpaired) electrons. The highest BCUT2D eigenvalue weighted by Crippen LogP contribution is 2.37. The molecule has 0 aromatic rings. The molecule has 17 heavy (non-hydrogen) atoms. The van der Waals surface area contributed by atoms with E-state index in [-0.39, 0.29) is 5.04 Å². The monoisotopic (exact) mass is 276 g/mol. The summed E-state index contributed by atoms with van der Waals surface area (Å²) in [7, 11) is -4.40. The third kappa shape index (κ3) is 6.38. The van der Waals surface area contributed by atoms with Crippen molar-refractivity contribution in [2.75, 3.05) is 5.75 Å². The van der Waals surface area contributed by atoms with Crippen LogP contribution in [0.4, 0.5) is 0 Å². The van der Waals surface area contributed by atoms with Crippen LogP contribution in [0.2, 0.25) is 18.1 Å². The van der Waals surface area contributed by atoms with Gasteiger partial charge in [-0.3, -0.25) is 4.03 Å². The quantitative estimate of drug-likeness (QED) is 0.449. The lowest BCUT2D eigenvalue weighted by Gasteiger charge is -2.32. The summed E-state index contributed by atoms with van der Waals surface area (Å²) in [5.41, 5.74) is 0. The summed E-state index contributed by atoms with van der Waals surface area (Å²) in [4.78, 5) is 0. The van der Waals surface area contributed by atoms with E-state index in [2.05, 4.69) is 44.5 Å². The highest BCUT2D eigenvalue weighted by molar-refractivity contribution is 7.92. The molecule has 0 amide bonds. The molecule has 0 aliphatic rings. The van der Waals surface area contributed by atoms with E-state index < -0.39 is 18.2 Å². The Morgan fingerprint density at radius 1 is 1.35 bits per heavy atom. The molecule has 0 aliphatic carbocycles. The molecule has 2 N–H and O–H groups in total. The fraction of sp³-hybridized carbons (Fsp3) is 0.833. The zero-order valence-electron chi connectivity index (χ0n) is 12.0. The molecule has 0 rings (SSSR count). The summed E-state index contributed by atoms with van der Waals surface area (Å²) in [5.74, 6) is 0.507. The van der Waals surface area contributed by atoms with Crippen LogP contribution in [-0.4, -0.2) is 18.2 Å². The van der Waals surface area contributed by atoms with Crippen LogP contribution in [0, 0.1) is 0 Å². The van der Waals surface area contributed by atoms with Crippen LogP contribution < -0.4 is 5.14 Å². The highest BCUT2D eigenvalue weighted by Gasteiger charge is 2.36. The van der Waals surface area contributed by atoms with Gasteiger partial charge in [-0.25, -0.2) is 9.35 Å². The van der Waals surface area contributed by atoms with Crippen LogP contribution in [0.3, 0.4) is 0 Å². The summed E-state index contributed by atoms with van der Waals surface area (Å²) in [5, 5.41) is 5.95. The summed E-state index contributed by atoms with van der Waals surface area (Å²) >= 11 is 0. The predicted octanol–water partition coefficient (Wildman–Crippen LogP) is 3.69. The van der Waals surface area contributed by atoms with Gasteiger partial charge < -0.3 is 0 Å². The normalized spacial score (nSPS) is 16.4. The number of hydrogen-bond acceptors (Lipinski definition) is 2. The van der Waals surface area contributed by atoms with E-state index in [9.17, 15) is 4.21 Å². The van der Waals surface area contributed by atoms with E-state index >= 15 is 0 Å². The molecule has 0 aromatic heterocycles. The standard InChI is InChI=1S/C12H28N2OSSi/c1-7-8-9-10-11-16(13,15)14-17(5,6)12(2,3)4/h7H,1,8-11H2,2-6H3,(H2,13,14,15). The third-order valence-electron chi connectivity index (χ3n) is 3.31. The third-order valence-corrected chi connectivity index (χ3v) is 10.9. The summed E-state index contributed by atoms with van der Waals surface area (Å²) in [6.45, 7) is 14.4. The second-order valence-corrected chi connectivity index (χ2v) is 13.2. The highest BCUT2D eigenvalue weighted by atomic mass is 32.2. The maximum Gasteiger partial charge on any atom is 0.194 e. The zero-order chi connectivity index (χ0) is 13.7. The molecule has 1 atom stereocenters. The van der Waals surface area contributed by atoms with Gasteiger partial charge in [-0.15, -0.1) is 6.58 Å². The van der Waals surface area contributed by atoms with Crippen molar-refractivity contribution >= 4 is 18.2 Å². The zero-order valence-corrected chi connectivity index (χ0v) is 13.8. The summed E-state index contributed by atoms with van der Waals surface area (Å²) in [6.07, 6.45) is 4.68. The smallest absolute Gasteiger partial charge is 0.194 e.